The number of carboxylic acid groups (broad SMARTS) is 1. The Hall–Kier alpha value is -2.56. The lowest BCUT2D eigenvalue weighted by Gasteiger charge is -2.22. The maximum Gasteiger partial charge on any atom is 0.328 e. The van der Waals surface area contributed by atoms with E-state index in [1.807, 2.05) is 24.5 Å². The van der Waals surface area contributed by atoms with Crippen LogP contribution in [-0.4, -0.2) is 20.6 Å². The summed E-state index contributed by atoms with van der Waals surface area (Å²) in [7, 11) is 0. The SMILES string of the molecule is Nc1cc(C=CC(=O)O)ccc1-n1ccnc1C1CCCCC1. The van der Waals surface area contributed by atoms with Crippen LogP contribution in [0.1, 0.15) is 49.4 Å². The van der Waals surface area contributed by atoms with Gasteiger partial charge < -0.3 is 15.4 Å². The fraction of sp³-hybridized carbons (Fsp3) is 0.333. The van der Waals surface area contributed by atoms with Crippen molar-refractivity contribution in [3.63, 3.8) is 0 Å². The Bertz CT molecular complexity index is 728. The smallest absolute Gasteiger partial charge is 0.328 e. The standard InChI is InChI=1S/C18H21N3O2/c19-15-12-13(7-9-17(22)23)6-8-16(15)21-11-10-20-18(21)14-4-2-1-3-5-14/h6-12,14H,1-5,19H2,(H,22,23). The summed E-state index contributed by atoms with van der Waals surface area (Å²) in [5.41, 5.74) is 8.48. The molecule has 5 heteroatoms. The average molecular weight is 311 g/mol. The van der Waals surface area contributed by atoms with Crippen LogP contribution in [0.4, 0.5) is 5.69 Å². The Morgan fingerprint density at radius 2 is 2.09 bits per heavy atom. The molecular weight excluding hydrogens is 290 g/mol. The van der Waals surface area contributed by atoms with Crippen LogP contribution in [0.25, 0.3) is 11.8 Å². The van der Waals surface area contributed by atoms with E-state index in [-0.39, 0.29) is 0 Å². The quantitative estimate of drug-likeness (QED) is 0.667. The number of rotatable bonds is 4. The molecule has 1 heterocycles. The van der Waals surface area contributed by atoms with Crippen molar-refractivity contribution >= 4 is 17.7 Å². The Morgan fingerprint density at radius 3 is 2.78 bits per heavy atom. The third-order valence-corrected chi connectivity index (χ3v) is 4.37. The van der Waals surface area contributed by atoms with Crippen LogP contribution in [0.2, 0.25) is 0 Å². The lowest BCUT2D eigenvalue weighted by atomic mass is 9.88. The summed E-state index contributed by atoms with van der Waals surface area (Å²) in [4.78, 5) is 15.2. The Kier molecular flexibility index (Phi) is 4.46. The molecule has 0 atom stereocenters. The third kappa shape index (κ3) is 3.44. The van der Waals surface area contributed by atoms with Gasteiger partial charge in [-0.15, -0.1) is 0 Å². The third-order valence-electron chi connectivity index (χ3n) is 4.37. The van der Waals surface area contributed by atoms with Gasteiger partial charge in [-0.25, -0.2) is 9.78 Å². The molecule has 0 bridgehead atoms. The van der Waals surface area contributed by atoms with Crippen molar-refractivity contribution in [2.45, 2.75) is 38.0 Å². The monoisotopic (exact) mass is 311 g/mol. The number of aliphatic carboxylic acids is 1. The van der Waals surface area contributed by atoms with E-state index >= 15 is 0 Å². The van der Waals surface area contributed by atoms with Crippen molar-refractivity contribution in [2.75, 3.05) is 5.73 Å². The fourth-order valence-corrected chi connectivity index (χ4v) is 3.25. The molecule has 0 saturated heterocycles. The van der Waals surface area contributed by atoms with Gasteiger partial charge in [0.15, 0.2) is 0 Å². The summed E-state index contributed by atoms with van der Waals surface area (Å²) in [5.74, 6) is 0.594. The highest BCUT2D eigenvalue weighted by Gasteiger charge is 2.21. The molecule has 23 heavy (non-hydrogen) atoms. The first-order valence-corrected chi connectivity index (χ1v) is 7.99. The predicted molar refractivity (Wildman–Crippen MR) is 90.5 cm³/mol. The van der Waals surface area contributed by atoms with Crippen molar-refractivity contribution in [3.05, 3.63) is 48.1 Å². The zero-order valence-electron chi connectivity index (χ0n) is 13.0. The van der Waals surface area contributed by atoms with Crippen molar-refractivity contribution < 1.29 is 9.90 Å². The Labute approximate surface area is 135 Å². The van der Waals surface area contributed by atoms with E-state index in [9.17, 15) is 4.79 Å². The van der Waals surface area contributed by atoms with Crippen molar-refractivity contribution in [3.8, 4) is 5.69 Å². The first-order chi connectivity index (χ1) is 11.1. The summed E-state index contributed by atoms with van der Waals surface area (Å²) >= 11 is 0. The lowest BCUT2D eigenvalue weighted by molar-refractivity contribution is -0.131. The van der Waals surface area contributed by atoms with E-state index in [0.717, 1.165) is 23.2 Å². The van der Waals surface area contributed by atoms with E-state index in [0.29, 0.717) is 11.6 Å². The van der Waals surface area contributed by atoms with Crippen LogP contribution in [-0.2, 0) is 4.79 Å². The first-order valence-electron chi connectivity index (χ1n) is 7.99. The van der Waals surface area contributed by atoms with E-state index in [4.69, 9.17) is 10.8 Å². The number of imidazole rings is 1. The maximum absolute atomic E-state index is 10.6. The van der Waals surface area contributed by atoms with Gasteiger partial charge >= 0.3 is 5.97 Å². The molecule has 1 aliphatic carbocycles. The summed E-state index contributed by atoms with van der Waals surface area (Å²) < 4.78 is 2.07. The summed E-state index contributed by atoms with van der Waals surface area (Å²) in [6.45, 7) is 0. The van der Waals surface area contributed by atoms with Gasteiger partial charge in [-0.05, 0) is 36.6 Å². The van der Waals surface area contributed by atoms with Crippen molar-refractivity contribution in [1.29, 1.82) is 0 Å². The topological polar surface area (TPSA) is 81.1 Å². The van der Waals surface area contributed by atoms with E-state index in [1.165, 1.54) is 32.1 Å². The van der Waals surface area contributed by atoms with Crippen LogP contribution in [0.15, 0.2) is 36.7 Å². The number of benzene rings is 1. The van der Waals surface area contributed by atoms with Crippen LogP contribution in [0.5, 0.6) is 0 Å². The molecule has 1 aromatic heterocycles. The average Bonchev–Trinajstić information content (AvgIpc) is 3.03. The maximum atomic E-state index is 10.6. The highest BCUT2D eigenvalue weighted by atomic mass is 16.4. The number of nitrogens with two attached hydrogens (primary N) is 1. The normalized spacial score (nSPS) is 16.0. The van der Waals surface area contributed by atoms with Gasteiger partial charge in [-0.2, -0.15) is 0 Å². The van der Waals surface area contributed by atoms with Gasteiger partial charge in [0, 0.05) is 24.4 Å². The molecule has 0 amide bonds. The lowest BCUT2D eigenvalue weighted by Crippen LogP contribution is -2.12. The number of hydrogen-bond donors (Lipinski definition) is 2. The number of carboxylic acids is 1. The molecule has 1 fully saturated rings. The first kappa shape index (κ1) is 15.3. The molecule has 0 unspecified atom stereocenters. The highest BCUT2D eigenvalue weighted by molar-refractivity contribution is 5.85. The van der Waals surface area contributed by atoms with Crippen LogP contribution in [0.3, 0.4) is 0 Å². The number of anilines is 1. The number of aromatic nitrogens is 2. The second-order valence-electron chi connectivity index (χ2n) is 5.98. The fourth-order valence-electron chi connectivity index (χ4n) is 3.25. The number of hydrogen-bond acceptors (Lipinski definition) is 3. The van der Waals surface area contributed by atoms with E-state index < -0.39 is 5.97 Å². The van der Waals surface area contributed by atoms with Gasteiger partial charge in [-0.3, -0.25) is 0 Å². The minimum Gasteiger partial charge on any atom is -0.478 e. The molecule has 5 nitrogen and oxygen atoms in total. The highest BCUT2D eigenvalue weighted by Crippen LogP contribution is 2.33. The van der Waals surface area contributed by atoms with E-state index in [2.05, 4.69) is 9.55 Å². The van der Waals surface area contributed by atoms with Gasteiger partial charge in [0.25, 0.3) is 0 Å². The number of nitrogens with zero attached hydrogens (tertiary/aromatic N) is 2. The van der Waals surface area contributed by atoms with Crippen LogP contribution >= 0.6 is 0 Å². The molecule has 1 saturated carbocycles. The summed E-state index contributed by atoms with van der Waals surface area (Å²) in [5, 5.41) is 8.70. The van der Waals surface area contributed by atoms with Crippen LogP contribution < -0.4 is 5.73 Å². The van der Waals surface area contributed by atoms with Gasteiger partial charge in [0.1, 0.15) is 5.82 Å². The number of nitrogen functional groups attached to an aromatic ring is 1. The predicted octanol–water partition coefficient (Wildman–Crippen LogP) is 3.60. The second kappa shape index (κ2) is 6.69. The molecule has 3 rings (SSSR count). The Morgan fingerprint density at radius 1 is 1.30 bits per heavy atom. The molecule has 1 aromatic carbocycles. The molecule has 1 aliphatic rings. The van der Waals surface area contributed by atoms with Gasteiger partial charge in [0.2, 0.25) is 0 Å². The molecular formula is C18H21N3O2. The van der Waals surface area contributed by atoms with Crippen LogP contribution in [0, 0.1) is 0 Å². The van der Waals surface area contributed by atoms with Gasteiger partial charge in [0.05, 0.1) is 11.4 Å². The minimum atomic E-state index is -0.971. The zero-order valence-corrected chi connectivity index (χ0v) is 13.0. The molecule has 3 N–H and O–H groups in total. The second-order valence-corrected chi connectivity index (χ2v) is 5.98. The van der Waals surface area contributed by atoms with Crippen molar-refractivity contribution in [2.24, 2.45) is 0 Å². The summed E-state index contributed by atoms with van der Waals surface area (Å²) in [6.07, 6.45) is 12.6. The van der Waals surface area contributed by atoms with E-state index in [1.54, 1.807) is 12.1 Å². The van der Waals surface area contributed by atoms with Gasteiger partial charge in [-0.1, -0.05) is 25.3 Å². The Balaban J connectivity index is 1.90. The van der Waals surface area contributed by atoms with Crippen molar-refractivity contribution in [1.82, 2.24) is 9.55 Å². The molecule has 2 aromatic rings. The minimum absolute atomic E-state index is 0.490. The zero-order chi connectivity index (χ0) is 16.2. The molecule has 120 valence electrons. The molecule has 0 aliphatic heterocycles. The number of carbonyl (C=O) groups is 1. The largest absolute Gasteiger partial charge is 0.478 e. The summed E-state index contributed by atoms with van der Waals surface area (Å²) in [6, 6.07) is 5.58. The molecule has 0 spiro atoms. The molecule has 0 radical (unpaired) electrons.